The van der Waals surface area contributed by atoms with Gasteiger partial charge in [-0.2, -0.15) is 0 Å². The minimum absolute atomic E-state index is 0.149. The van der Waals surface area contributed by atoms with Crippen LogP contribution in [0.2, 0.25) is 5.02 Å². The van der Waals surface area contributed by atoms with Crippen LogP contribution >= 0.6 is 11.6 Å². The van der Waals surface area contributed by atoms with Crippen LogP contribution in [0.15, 0.2) is 42.5 Å². The topological polar surface area (TPSA) is 52.0 Å². The Labute approximate surface area is 182 Å². The molecule has 0 unspecified atom stereocenters. The zero-order chi connectivity index (χ0) is 20.8. The molecule has 2 heterocycles. The first-order valence-corrected chi connectivity index (χ1v) is 11.0. The van der Waals surface area contributed by atoms with E-state index in [0.717, 1.165) is 24.1 Å². The molecule has 2 aromatic rings. The highest BCUT2D eigenvalue weighted by molar-refractivity contribution is 6.32. The van der Waals surface area contributed by atoms with Crippen molar-refractivity contribution in [2.75, 3.05) is 26.3 Å². The van der Waals surface area contributed by atoms with Gasteiger partial charge >= 0.3 is 0 Å². The lowest BCUT2D eigenvalue weighted by Crippen LogP contribution is -3.08. The minimum atomic E-state index is -0.149. The molecule has 0 aromatic heterocycles. The molecule has 1 fully saturated rings. The van der Waals surface area contributed by atoms with Crippen molar-refractivity contribution in [2.24, 2.45) is 0 Å². The molecule has 1 amide bonds. The molecule has 0 atom stereocenters. The lowest BCUT2D eigenvalue weighted by atomic mass is 10.1. The normalized spacial score (nSPS) is 16.6. The molecule has 0 saturated carbocycles. The number of benzene rings is 2. The number of carbonyl (C=O) groups excluding carboxylic acids is 1. The molecule has 0 aliphatic carbocycles. The van der Waals surface area contributed by atoms with E-state index in [0.29, 0.717) is 36.3 Å². The van der Waals surface area contributed by atoms with E-state index in [1.807, 2.05) is 6.07 Å². The van der Waals surface area contributed by atoms with Crippen LogP contribution in [-0.2, 0) is 17.9 Å². The summed E-state index contributed by atoms with van der Waals surface area (Å²) in [6.07, 6.45) is 6.74. The van der Waals surface area contributed by atoms with Gasteiger partial charge in [0, 0.05) is 37.4 Å². The Morgan fingerprint density at radius 3 is 2.57 bits per heavy atom. The second kappa shape index (κ2) is 10.0. The molecule has 2 aliphatic rings. The monoisotopic (exact) mass is 427 g/mol. The third-order valence-electron chi connectivity index (χ3n) is 5.51. The molecule has 6 heteroatoms. The molecule has 2 N–H and O–H groups in total. The molecule has 1 saturated heterocycles. The van der Waals surface area contributed by atoms with Gasteiger partial charge in [-0.05, 0) is 29.3 Å². The van der Waals surface area contributed by atoms with Gasteiger partial charge in [-0.1, -0.05) is 35.9 Å². The second-order valence-electron chi connectivity index (χ2n) is 7.88. The summed E-state index contributed by atoms with van der Waals surface area (Å²) in [6.45, 7) is 5.33. The zero-order valence-corrected chi connectivity index (χ0v) is 17.8. The maximum atomic E-state index is 12.2. The minimum Gasteiger partial charge on any atom is -0.489 e. The number of hydrogen-bond acceptors (Lipinski definition) is 3. The van der Waals surface area contributed by atoms with Crippen LogP contribution in [-0.4, -0.2) is 32.2 Å². The largest absolute Gasteiger partial charge is 0.489 e. The lowest BCUT2D eigenvalue weighted by Gasteiger charge is -2.12. The summed E-state index contributed by atoms with van der Waals surface area (Å²) < 4.78 is 11.3. The van der Waals surface area contributed by atoms with Crippen LogP contribution in [0.5, 0.6) is 11.5 Å². The van der Waals surface area contributed by atoms with Gasteiger partial charge in [0.05, 0.1) is 31.3 Å². The molecule has 0 spiro atoms. The number of hydrogen-bond donors (Lipinski definition) is 2. The van der Waals surface area contributed by atoms with E-state index in [-0.39, 0.29) is 5.91 Å². The Balaban J connectivity index is 1.29. The van der Waals surface area contributed by atoms with Crippen LogP contribution < -0.4 is 19.7 Å². The third kappa shape index (κ3) is 5.55. The Morgan fingerprint density at radius 2 is 1.77 bits per heavy atom. The molecular weight excluding hydrogens is 400 g/mol. The quantitative estimate of drug-likeness (QED) is 0.697. The summed E-state index contributed by atoms with van der Waals surface area (Å²) in [4.78, 5) is 13.9. The van der Waals surface area contributed by atoms with Gasteiger partial charge in [-0.3, -0.25) is 4.79 Å². The van der Waals surface area contributed by atoms with Crippen molar-refractivity contribution < 1.29 is 19.2 Å². The second-order valence-corrected chi connectivity index (χ2v) is 8.29. The predicted molar refractivity (Wildman–Crippen MR) is 118 cm³/mol. The smallest absolute Gasteiger partial charge is 0.244 e. The first-order valence-electron chi connectivity index (χ1n) is 10.6. The van der Waals surface area contributed by atoms with Crippen molar-refractivity contribution in [2.45, 2.75) is 32.4 Å². The van der Waals surface area contributed by atoms with Gasteiger partial charge < -0.3 is 19.7 Å². The van der Waals surface area contributed by atoms with Gasteiger partial charge in [0.1, 0.15) is 6.54 Å². The molecule has 0 bridgehead atoms. The van der Waals surface area contributed by atoms with E-state index >= 15 is 0 Å². The number of rotatable bonds is 6. The number of carbonyl (C=O) groups is 1. The predicted octanol–water partition coefficient (Wildman–Crippen LogP) is 3.01. The number of fused-ring (bicyclic) bond motifs is 1. The highest BCUT2D eigenvalue weighted by Crippen LogP contribution is 2.38. The Hall–Kier alpha value is -2.50. The maximum absolute atomic E-state index is 12.2. The maximum Gasteiger partial charge on any atom is 0.244 e. The highest BCUT2D eigenvalue weighted by atomic mass is 35.5. The number of quaternary nitrogens is 1. The van der Waals surface area contributed by atoms with E-state index in [1.54, 1.807) is 17.0 Å². The summed E-state index contributed by atoms with van der Waals surface area (Å²) in [5, 5.41) is 3.42. The fourth-order valence-corrected chi connectivity index (χ4v) is 4.16. The van der Waals surface area contributed by atoms with Crippen molar-refractivity contribution in [3.63, 3.8) is 0 Å². The molecule has 0 radical (unpaired) electrons. The molecular formula is C24H28ClN2O3+. The summed E-state index contributed by atoms with van der Waals surface area (Å²) in [6, 6.07) is 12.2. The fourth-order valence-electron chi connectivity index (χ4n) is 3.88. The van der Waals surface area contributed by atoms with Crippen LogP contribution in [0, 0.1) is 0 Å². The van der Waals surface area contributed by atoms with Crippen LogP contribution in [0.1, 0.15) is 36.0 Å². The SMILES string of the molecule is O=C(/C=C/c1cc(Cl)c2c(c1)OCCCO2)NCc1ccc(C[NH+]2CCCC2)cc1. The highest BCUT2D eigenvalue weighted by Gasteiger charge is 2.16. The van der Waals surface area contributed by atoms with Gasteiger partial charge in [-0.25, -0.2) is 0 Å². The molecule has 2 aromatic carbocycles. The zero-order valence-electron chi connectivity index (χ0n) is 17.1. The van der Waals surface area contributed by atoms with E-state index in [4.69, 9.17) is 21.1 Å². The van der Waals surface area contributed by atoms with Crippen molar-refractivity contribution in [1.82, 2.24) is 5.32 Å². The van der Waals surface area contributed by atoms with Gasteiger partial charge in [0.2, 0.25) is 5.91 Å². The third-order valence-corrected chi connectivity index (χ3v) is 5.79. The summed E-state index contributed by atoms with van der Waals surface area (Å²) in [5.74, 6) is 1.05. The fraction of sp³-hybridized carbons (Fsp3) is 0.375. The standard InChI is InChI=1S/C24H27ClN2O3/c25-21-14-20(15-22-24(21)30-13-3-12-29-22)8-9-23(28)26-16-18-4-6-19(7-5-18)17-27-10-1-2-11-27/h4-9,14-15H,1-3,10-13,16-17H2,(H,26,28)/p+1/b9-8+. The number of amides is 1. The molecule has 4 rings (SSSR count). The molecule has 2 aliphatic heterocycles. The number of ether oxygens (including phenoxy) is 2. The van der Waals surface area contributed by atoms with Gasteiger partial charge in [-0.15, -0.1) is 0 Å². The molecule has 158 valence electrons. The first-order chi connectivity index (χ1) is 14.7. The first kappa shape index (κ1) is 20.8. The van der Waals surface area contributed by atoms with Crippen LogP contribution in [0.25, 0.3) is 6.08 Å². The van der Waals surface area contributed by atoms with Crippen molar-refractivity contribution in [1.29, 1.82) is 0 Å². The van der Waals surface area contributed by atoms with E-state index in [1.165, 1.54) is 37.6 Å². The number of nitrogens with one attached hydrogen (secondary N) is 2. The van der Waals surface area contributed by atoms with Gasteiger partial charge in [0.25, 0.3) is 0 Å². The van der Waals surface area contributed by atoms with Crippen molar-refractivity contribution in [3.8, 4) is 11.5 Å². The average molecular weight is 428 g/mol. The van der Waals surface area contributed by atoms with Crippen LogP contribution in [0.4, 0.5) is 0 Å². The van der Waals surface area contributed by atoms with Gasteiger partial charge in [0.15, 0.2) is 11.5 Å². The van der Waals surface area contributed by atoms with Crippen LogP contribution in [0.3, 0.4) is 0 Å². The Kier molecular flexibility index (Phi) is 6.92. The summed E-state index contributed by atoms with van der Waals surface area (Å²) in [7, 11) is 0. The summed E-state index contributed by atoms with van der Waals surface area (Å²) >= 11 is 6.30. The van der Waals surface area contributed by atoms with E-state index in [2.05, 4.69) is 29.6 Å². The Morgan fingerprint density at radius 1 is 1.03 bits per heavy atom. The Bertz CT molecular complexity index is 905. The van der Waals surface area contributed by atoms with E-state index in [9.17, 15) is 4.79 Å². The number of likely N-dealkylation sites (tertiary alicyclic amines) is 1. The molecule has 5 nitrogen and oxygen atoms in total. The van der Waals surface area contributed by atoms with E-state index < -0.39 is 0 Å². The summed E-state index contributed by atoms with van der Waals surface area (Å²) in [5.41, 5.74) is 3.25. The average Bonchev–Trinajstić information content (AvgIpc) is 3.14. The number of halogens is 1. The molecule has 30 heavy (non-hydrogen) atoms. The lowest BCUT2D eigenvalue weighted by molar-refractivity contribution is -0.901. The van der Waals surface area contributed by atoms with Crippen molar-refractivity contribution >= 4 is 23.6 Å². The van der Waals surface area contributed by atoms with Crippen molar-refractivity contribution in [3.05, 3.63) is 64.2 Å².